The first kappa shape index (κ1) is 102. The summed E-state index contributed by atoms with van der Waals surface area (Å²) >= 11 is 0. The summed E-state index contributed by atoms with van der Waals surface area (Å²) in [4.78, 5) is 71.3. The smallest absolute Gasteiger partial charge is 0.461 e. The van der Waals surface area contributed by atoms with Crippen LogP contribution in [0.15, 0.2) is 370 Å². The van der Waals surface area contributed by atoms with Crippen molar-refractivity contribution in [1.82, 2.24) is 32.6 Å². The largest absolute Gasteiger partial charge is 0.508 e. The molecule has 0 atom stereocenters. The van der Waals surface area contributed by atoms with Crippen LogP contribution in [0.4, 0.5) is 23.2 Å². The molecule has 15 aromatic carbocycles. The number of amides is 6. The van der Waals surface area contributed by atoms with Gasteiger partial charge in [-0.05, 0) is 231 Å². The number of phenolic OH excluding ortho intramolecular Hbond substituents is 7. The van der Waals surface area contributed by atoms with Crippen molar-refractivity contribution < 1.29 is 91.5 Å². The third kappa shape index (κ3) is 31.3. The molecule has 0 aromatic heterocycles. The van der Waals surface area contributed by atoms with Gasteiger partial charge in [-0.2, -0.15) is 48.2 Å². The third-order valence-corrected chi connectivity index (χ3v) is 19.6. The normalized spacial score (nSPS) is 11.3. The van der Waals surface area contributed by atoms with Gasteiger partial charge < -0.3 is 51.0 Å². The summed E-state index contributed by atoms with van der Waals surface area (Å²) in [5.74, 6) is -2.16. The molecule has 0 aliphatic heterocycles. The zero-order valence-electron chi connectivity index (χ0n) is 74.5. The van der Waals surface area contributed by atoms with Gasteiger partial charge in [0.2, 0.25) is 0 Å². The number of nitrogens with two attached hydrogens (primary N) is 1. The maximum atomic E-state index is 12.9. The summed E-state index contributed by atoms with van der Waals surface area (Å²) in [6, 6.07) is 93.1. The highest BCUT2D eigenvalue weighted by Gasteiger charge is 2.44. The number of aromatic hydroxyl groups is 7. The van der Waals surface area contributed by atoms with E-state index in [1.165, 1.54) is 164 Å². The van der Waals surface area contributed by atoms with Crippen molar-refractivity contribution in [2.24, 2.45) is 30.6 Å². The van der Waals surface area contributed by atoms with E-state index in [-0.39, 0.29) is 85.9 Å². The number of allylic oxidation sites excluding steroid dienone is 2. The molecule has 0 saturated heterocycles. The quantitative estimate of drug-likeness (QED) is 0.00930. The van der Waals surface area contributed by atoms with Gasteiger partial charge in [-0.3, -0.25) is 28.8 Å². The number of halogens is 4. The van der Waals surface area contributed by atoms with Gasteiger partial charge in [-0.25, -0.2) is 32.6 Å². The Balaban J connectivity index is 0.000000171. The number of nitrogen functional groups attached to an aromatic ring is 1. The minimum Gasteiger partial charge on any atom is -0.508 e. The summed E-state index contributed by atoms with van der Waals surface area (Å²) in [6.07, 6.45) is 2.28. The number of hydrogen-bond acceptors (Lipinski definition) is 22. The Morgan fingerprint density at radius 2 is 0.696 bits per heavy atom. The summed E-state index contributed by atoms with van der Waals surface area (Å²) in [5, 5.41) is 94.7. The predicted octanol–water partition coefficient (Wildman–Crippen LogP) is 19.3. The number of rotatable bonds is 23. The van der Waals surface area contributed by atoms with Crippen LogP contribution in [0, 0.1) is 0 Å². The van der Waals surface area contributed by atoms with E-state index in [1.807, 2.05) is 153 Å². The van der Waals surface area contributed by atoms with Crippen LogP contribution >= 0.6 is 0 Å². The average molecular weight is 1860 g/mol. The summed E-state index contributed by atoms with van der Waals surface area (Å²) < 4.78 is 58.9. The monoisotopic (exact) mass is 1860 g/mol. The molecule has 0 spiro atoms. The lowest BCUT2D eigenvalue weighted by atomic mass is 9.86. The van der Waals surface area contributed by atoms with Crippen LogP contribution in [0.25, 0.3) is 37.9 Å². The second-order valence-corrected chi connectivity index (χ2v) is 30.5. The first-order valence-corrected chi connectivity index (χ1v) is 41.9. The van der Waals surface area contributed by atoms with E-state index in [9.17, 15) is 71.9 Å². The fraction of sp³-hybridized carbons (Fsp3) is 0.0755. The Kier molecular flexibility index (Phi) is 36.9. The minimum absolute atomic E-state index is 0.00235. The molecule has 15 N–H and O–H groups in total. The average Bonchev–Trinajstić information content (AvgIpc) is 0.806. The molecule has 0 unspecified atom stereocenters. The topological polar surface area (TPSA) is 435 Å². The van der Waals surface area contributed by atoms with E-state index in [2.05, 4.69) is 113 Å². The number of benzene rings is 15. The van der Waals surface area contributed by atoms with Crippen LogP contribution in [0.2, 0.25) is 0 Å². The van der Waals surface area contributed by atoms with E-state index in [0.717, 1.165) is 78.7 Å². The number of carbonyl (C=O) groups is 6. The molecule has 6 amide bonds. The van der Waals surface area contributed by atoms with Crippen molar-refractivity contribution >= 4 is 116 Å². The molecule has 15 rings (SSSR count). The minimum atomic E-state index is -4.61. The molecule has 28 nitrogen and oxygen atoms in total. The Hall–Kier alpha value is -18.6. The number of anilines is 1. The predicted molar refractivity (Wildman–Crippen MR) is 528 cm³/mol. The Morgan fingerprint density at radius 3 is 1.14 bits per heavy atom. The van der Waals surface area contributed by atoms with Gasteiger partial charge in [-0.1, -0.05) is 197 Å². The molecular formula is C106H93F4N13O15. The first-order chi connectivity index (χ1) is 66.3. The van der Waals surface area contributed by atoms with Crippen LogP contribution in [0.1, 0.15) is 129 Å². The molecule has 0 aliphatic carbocycles. The zero-order valence-corrected chi connectivity index (χ0v) is 74.5. The molecule has 0 aliphatic rings. The maximum Gasteiger partial charge on any atom is 0.461 e. The lowest BCUT2D eigenvalue weighted by Gasteiger charge is -2.19. The number of ether oxygens (including phenoxy) is 2. The number of hydrazone groups is 6. The zero-order chi connectivity index (χ0) is 99.1. The van der Waals surface area contributed by atoms with Crippen LogP contribution in [0.3, 0.4) is 0 Å². The van der Waals surface area contributed by atoms with Crippen molar-refractivity contribution in [1.29, 1.82) is 0 Å². The Labute approximate surface area is 789 Å². The molecule has 0 radical (unpaired) electrons. The van der Waals surface area contributed by atoms with E-state index in [4.69, 9.17) is 20.7 Å². The highest BCUT2D eigenvalue weighted by atomic mass is 19.3. The summed E-state index contributed by atoms with van der Waals surface area (Å²) in [6.45, 7) is 8.57. The van der Waals surface area contributed by atoms with Crippen molar-refractivity contribution in [3.8, 4) is 51.7 Å². The molecule has 0 heterocycles. The van der Waals surface area contributed by atoms with Gasteiger partial charge in [0.15, 0.2) is 11.5 Å². The number of nitrogens with zero attached hydrogens (tertiary/aromatic N) is 6. The van der Waals surface area contributed by atoms with Gasteiger partial charge in [0.1, 0.15) is 40.2 Å². The molecular weight excluding hydrogens is 1770 g/mol. The van der Waals surface area contributed by atoms with Gasteiger partial charge >= 0.3 is 12.5 Å². The molecule has 0 fully saturated rings. The van der Waals surface area contributed by atoms with Gasteiger partial charge in [0.25, 0.3) is 35.4 Å². The van der Waals surface area contributed by atoms with Crippen LogP contribution < -0.4 is 47.8 Å². The van der Waals surface area contributed by atoms with E-state index in [0.29, 0.717) is 33.2 Å². The second kappa shape index (κ2) is 50.1. The van der Waals surface area contributed by atoms with Crippen molar-refractivity contribution in [2.75, 3.05) is 12.8 Å². The van der Waals surface area contributed by atoms with Crippen LogP contribution in [-0.2, 0) is 5.41 Å². The SMILES string of the molecule is C/C(=C\C=N\NC(=O)c1ccc(O)cc1)c1ccc(C(C)(C)C)cc1.COc1cc(C(=O)N/N=C/c2ccc(O)c3ccccc23)ccc1O.Nc1cc(C(=O)N/N=C/c2cccc3ccccc23)ccc1O.O=C(N/N=C/c1cccc(OC(F)(F)C(F)F)c1)c1ccc(O)cc1.O=C(N/N=C/c1cccc2ccccc12)c1ccc(O)cc1.O=C(N/N=C/c1ccccc1)c1ccc(O)cc1. The number of alkyl halides is 4. The third-order valence-electron chi connectivity index (χ3n) is 19.6. The summed E-state index contributed by atoms with van der Waals surface area (Å²) in [7, 11) is 1.41. The van der Waals surface area contributed by atoms with Gasteiger partial charge in [0, 0.05) is 61.7 Å². The number of phenols is 7. The van der Waals surface area contributed by atoms with Gasteiger partial charge in [-0.15, -0.1) is 0 Å². The highest BCUT2D eigenvalue weighted by Crippen LogP contribution is 2.32. The molecule has 15 aromatic rings. The Morgan fingerprint density at radius 1 is 0.348 bits per heavy atom. The van der Waals surface area contributed by atoms with Crippen molar-refractivity contribution in [2.45, 2.75) is 45.6 Å². The molecule has 32 heteroatoms. The van der Waals surface area contributed by atoms with Crippen molar-refractivity contribution in [3.05, 3.63) is 412 Å². The number of methoxy groups -OCH3 is 1. The highest BCUT2D eigenvalue weighted by molar-refractivity contribution is 6.05. The van der Waals surface area contributed by atoms with Crippen LogP contribution in [0.5, 0.6) is 51.7 Å². The fourth-order valence-corrected chi connectivity index (χ4v) is 12.3. The van der Waals surface area contributed by atoms with Gasteiger partial charge in [0.05, 0.1) is 43.9 Å². The fourth-order valence-electron chi connectivity index (χ4n) is 12.3. The molecule has 0 bridgehead atoms. The lowest BCUT2D eigenvalue weighted by molar-refractivity contribution is -0.253. The lowest BCUT2D eigenvalue weighted by Crippen LogP contribution is -2.33. The second-order valence-electron chi connectivity index (χ2n) is 30.5. The van der Waals surface area contributed by atoms with Crippen LogP contribution in [-0.4, -0.2) is 128 Å². The number of nitrogens with one attached hydrogen (secondary N) is 6. The Bertz CT molecular complexity index is 6940. The maximum absolute atomic E-state index is 12.9. The standard InChI is InChI=1S/C21H24N2O2.C19H16N2O4.C18H15N3O2.C18H14N2O2.C16H12F4N2O3.C14H12N2O2/c1-15(16-5-9-18(10-6-16)21(2,3)4)13-14-22-23-20(25)17-7-11-19(24)12-8-17;1-25-18-10-12(6-9-17(18)23)19(24)21-20-11-13-7-8-16(22)15-5-3-2-4-14(13)15;19-16-10-13(8-9-17(16)22)18(23)21-20-11-14-6-3-5-12-4-1-2-7-15(12)14;21-16-10-8-14(9-11-16)18(22)20-19-12-15-6-3-5-13-4-1-2-7-17(13)15;17-15(18)16(19,20)25-13-3-1-2-10(8-13)9-21-22-14(24)11-4-6-12(23)7-5-11;17-13-8-6-12(7-9-13)14(18)16-15-10-11-4-2-1-3-5-11/h5-14,24H,1-4H3,(H,23,25);2-11,22-23H,1H3,(H,21,24);1-11,22H,19H2,(H,21,23);1-12,21H,(H,20,22);1-9,15,23H,(H,22,24);1-10,17H,(H,16,18)/b15-13+,22-14+;2*20-11+;19-12+;21-9+;15-10+. The number of hydrogen-bond donors (Lipinski definition) is 14. The van der Waals surface area contributed by atoms with E-state index < -0.39 is 36.0 Å². The first-order valence-electron chi connectivity index (χ1n) is 41.9. The van der Waals surface area contributed by atoms with E-state index in [1.54, 1.807) is 37.0 Å². The molecule has 0 saturated carbocycles. The number of fused-ring (bicyclic) bond motifs is 3. The van der Waals surface area contributed by atoms with E-state index >= 15 is 0 Å². The summed E-state index contributed by atoms with van der Waals surface area (Å²) in [5.41, 5.74) is 29.7. The molecule has 700 valence electrons. The van der Waals surface area contributed by atoms with Crippen molar-refractivity contribution in [3.63, 3.8) is 0 Å². The molecule has 138 heavy (non-hydrogen) atoms. The number of carbonyl (C=O) groups excluding carboxylic acids is 6.